The van der Waals surface area contributed by atoms with Crippen molar-refractivity contribution in [3.8, 4) is 6.07 Å². The van der Waals surface area contributed by atoms with E-state index in [9.17, 15) is 4.79 Å². The zero-order valence-electron chi connectivity index (χ0n) is 18.3. The number of fused-ring (bicyclic) bond motifs is 1. The first kappa shape index (κ1) is 21.9. The van der Waals surface area contributed by atoms with E-state index in [4.69, 9.17) is 21.6 Å². The number of nitrogens with one attached hydrogen (secondary N) is 1. The maximum Gasteiger partial charge on any atom is 0.410 e. The number of halogens is 1. The molecule has 0 unspecified atom stereocenters. The fraction of sp³-hybridized carbons (Fsp3) is 0.391. The SMILES string of the molecule is CC(C)(C)OC(=O)N1CCC(n2ccc3c(Nc4ccc(C#N)cc4Cl)ncnc32)CC1. The van der Waals surface area contributed by atoms with E-state index in [1.54, 1.807) is 23.1 Å². The smallest absolute Gasteiger partial charge is 0.410 e. The average molecular weight is 453 g/mol. The molecule has 9 heteroatoms. The fourth-order valence-electron chi connectivity index (χ4n) is 3.83. The minimum Gasteiger partial charge on any atom is -0.444 e. The highest BCUT2D eigenvalue weighted by molar-refractivity contribution is 6.33. The first-order valence-electron chi connectivity index (χ1n) is 10.5. The van der Waals surface area contributed by atoms with E-state index in [1.807, 2.05) is 33.0 Å². The van der Waals surface area contributed by atoms with Gasteiger partial charge in [0.25, 0.3) is 0 Å². The lowest BCUT2D eigenvalue weighted by atomic mass is 10.1. The summed E-state index contributed by atoms with van der Waals surface area (Å²) >= 11 is 6.31. The van der Waals surface area contributed by atoms with Gasteiger partial charge in [-0.1, -0.05) is 11.6 Å². The molecular formula is C23H25ClN6O2. The predicted octanol–water partition coefficient (Wildman–Crippen LogP) is 5.27. The molecule has 1 fully saturated rings. The summed E-state index contributed by atoms with van der Waals surface area (Å²) in [6, 6.07) is 9.37. The Balaban J connectivity index is 1.51. The second-order valence-electron chi connectivity index (χ2n) is 8.81. The van der Waals surface area contributed by atoms with Crippen LogP contribution in [0, 0.1) is 11.3 Å². The van der Waals surface area contributed by atoms with Crippen LogP contribution in [0.4, 0.5) is 16.3 Å². The predicted molar refractivity (Wildman–Crippen MR) is 123 cm³/mol. The molecular weight excluding hydrogens is 428 g/mol. The molecule has 1 amide bonds. The van der Waals surface area contributed by atoms with E-state index in [0.29, 0.717) is 35.2 Å². The van der Waals surface area contributed by atoms with Gasteiger partial charge in [-0.2, -0.15) is 5.26 Å². The number of benzene rings is 1. The number of rotatable bonds is 3. The summed E-state index contributed by atoms with van der Waals surface area (Å²) in [5.74, 6) is 0.645. The Kier molecular flexibility index (Phi) is 5.94. The first-order valence-corrected chi connectivity index (χ1v) is 10.9. The second kappa shape index (κ2) is 8.67. The molecule has 1 aliphatic rings. The molecule has 3 aromatic rings. The average Bonchev–Trinajstić information content (AvgIpc) is 3.19. The number of amides is 1. The van der Waals surface area contributed by atoms with Gasteiger partial charge in [0.1, 0.15) is 23.4 Å². The van der Waals surface area contributed by atoms with Crippen LogP contribution in [0.2, 0.25) is 5.02 Å². The Morgan fingerprint density at radius 3 is 2.66 bits per heavy atom. The van der Waals surface area contributed by atoms with Gasteiger partial charge in [-0.25, -0.2) is 14.8 Å². The third-order valence-corrected chi connectivity index (χ3v) is 5.68. The van der Waals surface area contributed by atoms with Crippen LogP contribution in [0.25, 0.3) is 11.0 Å². The van der Waals surface area contributed by atoms with Crippen LogP contribution >= 0.6 is 11.6 Å². The van der Waals surface area contributed by atoms with Crippen LogP contribution < -0.4 is 5.32 Å². The number of aromatic nitrogens is 3. The van der Waals surface area contributed by atoms with Gasteiger partial charge >= 0.3 is 6.09 Å². The molecule has 3 heterocycles. The summed E-state index contributed by atoms with van der Waals surface area (Å²) < 4.78 is 7.64. The minimum absolute atomic E-state index is 0.229. The molecule has 0 aliphatic carbocycles. The molecule has 1 aliphatic heterocycles. The fourth-order valence-corrected chi connectivity index (χ4v) is 4.06. The van der Waals surface area contributed by atoms with Crippen LogP contribution in [0.3, 0.4) is 0 Å². The molecule has 0 radical (unpaired) electrons. The molecule has 0 spiro atoms. The van der Waals surface area contributed by atoms with Gasteiger partial charge in [-0.15, -0.1) is 0 Å². The number of nitriles is 1. The van der Waals surface area contributed by atoms with Gasteiger partial charge in [0.2, 0.25) is 0 Å². The van der Waals surface area contributed by atoms with Gasteiger partial charge in [0, 0.05) is 25.3 Å². The lowest BCUT2D eigenvalue weighted by Gasteiger charge is -2.34. The zero-order valence-corrected chi connectivity index (χ0v) is 19.1. The molecule has 0 atom stereocenters. The first-order chi connectivity index (χ1) is 15.2. The van der Waals surface area contributed by atoms with Crippen molar-refractivity contribution in [2.45, 2.75) is 45.3 Å². The molecule has 32 heavy (non-hydrogen) atoms. The highest BCUT2D eigenvalue weighted by Gasteiger charge is 2.28. The molecule has 2 aromatic heterocycles. The zero-order chi connectivity index (χ0) is 22.9. The van der Waals surface area contributed by atoms with Gasteiger partial charge in [-0.05, 0) is 57.9 Å². The molecule has 0 bridgehead atoms. The van der Waals surface area contributed by atoms with Crippen LogP contribution in [-0.2, 0) is 4.74 Å². The summed E-state index contributed by atoms with van der Waals surface area (Å²) in [7, 11) is 0. The number of hydrogen-bond acceptors (Lipinski definition) is 6. The van der Waals surface area contributed by atoms with E-state index in [-0.39, 0.29) is 12.1 Å². The van der Waals surface area contributed by atoms with Crippen molar-refractivity contribution in [2.75, 3.05) is 18.4 Å². The standard InChI is InChI=1S/C23H25ClN6O2/c1-23(2,3)32-22(31)29-9-6-16(7-10-29)30-11-8-17-20(26-14-27-21(17)30)28-19-5-4-15(13-25)12-18(19)24/h4-5,8,11-12,14,16H,6-7,9-10H2,1-3H3,(H,26,27,28). The molecule has 1 aromatic carbocycles. The van der Waals surface area contributed by atoms with E-state index in [2.05, 4.69) is 25.9 Å². The Labute approximate surface area is 191 Å². The Bertz CT molecular complexity index is 1190. The van der Waals surface area contributed by atoms with Crippen molar-refractivity contribution in [1.82, 2.24) is 19.4 Å². The quantitative estimate of drug-likeness (QED) is 0.581. The number of hydrogen-bond donors (Lipinski definition) is 1. The highest BCUT2D eigenvalue weighted by atomic mass is 35.5. The number of piperidine rings is 1. The van der Waals surface area contributed by atoms with Crippen molar-refractivity contribution < 1.29 is 9.53 Å². The van der Waals surface area contributed by atoms with Crippen LogP contribution in [0.1, 0.15) is 45.2 Å². The minimum atomic E-state index is -0.497. The Morgan fingerprint density at radius 2 is 2.00 bits per heavy atom. The molecule has 166 valence electrons. The number of anilines is 2. The molecule has 8 nitrogen and oxygen atoms in total. The Morgan fingerprint density at radius 1 is 1.25 bits per heavy atom. The summed E-state index contributed by atoms with van der Waals surface area (Å²) in [6.07, 6.45) is 4.91. The number of carbonyl (C=O) groups is 1. The molecule has 4 rings (SSSR count). The van der Waals surface area contributed by atoms with Crippen LogP contribution in [-0.4, -0.2) is 44.2 Å². The van der Waals surface area contributed by atoms with Gasteiger partial charge < -0.3 is 19.5 Å². The number of ether oxygens (including phenoxy) is 1. The van der Waals surface area contributed by atoms with Gasteiger partial charge in [0.05, 0.1) is 27.7 Å². The molecule has 1 N–H and O–H groups in total. The summed E-state index contributed by atoms with van der Waals surface area (Å²) in [4.78, 5) is 23.0. The third-order valence-electron chi connectivity index (χ3n) is 5.37. The Hall–Kier alpha value is -3.31. The maximum atomic E-state index is 12.3. The van der Waals surface area contributed by atoms with Crippen LogP contribution in [0.5, 0.6) is 0 Å². The number of nitrogens with zero attached hydrogens (tertiary/aromatic N) is 5. The van der Waals surface area contributed by atoms with Crippen molar-refractivity contribution >= 4 is 40.2 Å². The van der Waals surface area contributed by atoms with Crippen LogP contribution in [0.15, 0.2) is 36.8 Å². The van der Waals surface area contributed by atoms with Crippen molar-refractivity contribution in [2.24, 2.45) is 0 Å². The van der Waals surface area contributed by atoms with Crippen molar-refractivity contribution in [1.29, 1.82) is 5.26 Å². The van der Waals surface area contributed by atoms with E-state index < -0.39 is 5.60 Å². The summed E-state index contributed by atoms with van der Waals surface area (Å²) in [5, 5.41) is 13.6. The second-order valence-corrected chi connectivity index (χ2v) is 9.22. The van der Waals surface area contributed by atoms with Gasteiger partial charge in [-0.3, -0.25) is 0 Å². The van der Waals surface area contributed by atoms with E-state index >= 15 is 0 Å². The topological polar surface area (TPSA) is 96.1 Å². The number of carbonyl (C=O) groups excluding carboxylic acids is 1. The van der Waals surface area contributed by atoms with E-state index in [0.717, 1.165) is 23.9 Å². The summed E-state index contributed by atoms with van der Waals surface area (Å²) in [5.41, 5.74) is 1.49. The number of likely N-dealkylation sites (tertiary alicyclic amines) is 1. The van der Waals surface area contributed by atoms with Gasteiger partial charge in [0.15, 0.2) is 0 Å². The lowest BCUT2D eigenvalue weighted by molar-refractivity contribution is 0.0189. The highest BCUT2D eigenvalue weighted by Crippen LogP contribution is 2.32. The summed E-state index contributed by atoms with van der Waals surface area (Å²) in [6.45, 7) is 6.90. The maximum absolute atomic E-state index is 12.3. The van der Waals surface area contributed by atoms with E-state index in [1.165, 1.54) is 6.33 Å². The lowest BCUT2D eigenvalue weighted by Crippen LogP contribution is -2.42. The normalized spacial score (nSPS) is 14.9. The molecule has 1 saturated heterocycles. The third kappa shape index (κ3) is 4.63. The van der Waals surface area contributed by atoms with Crippen molar-refractivity contribution in [3.63, 3.8) is 0 Å². The largest absolute Gasteiger partial charge is 0.444 e. The molecule has 0 saturated carbocycles. The van der Waals surface area contributed by atoms with Crippen molar-refractivity contribution in [3.05, 3.63) is 47.4 Å². The monoisotopic (exact) mass is 452 g/mol.